The van der Waals surface area contributed by atoms with E-state index in [1.54, 1.807) is 0 Å². The van der Waals surface area contributed by atoms with Gasteiger partial charge in [0.1, 0.15) is 0 Å². The van der Waals surface area contributed by atoms with Gasteiger partial charge in [-0.05, 0) is 43.5 Å². The molecule has 2 aromatic rings. The van der Waals surface area contributed by atoms with Gasteiger partial charge in [-0.2, -0.15) is 0 Å². The maximum atomic E-state index is 4.49. The van der Waals surface area contributed by atoms with E-state index in [4.69, 9.17) is 0 Å². The molecule has 0 bridgehead atoms. The molecule has 0 aliphatic heterocycles. The van der Waals surface area contributed by atoms with Gasteiger partial charge in [-0.3, -0.25) is 4.98 Å². The molecular formula is C13H15N. The molecule has 0 amide bonds. The van der Waals surface area contributed by atoms with Crippen LogP contribution in [0, 0.1) is 13.8 Å². The van der Waals surface area contributed by atoms with Crippen molar-refractivity contribution in [2.24, 2.45) is 0 Å². The third kappa shape index (κ3) is 1.50. The summed E-state index contributed by atoms with van der Waals surface area (Å²) in [4.78, 5) is 4.49. The summed E-state index contributed by atoms with van der Waals surface area (Å²) in [5, 5.41) is 1.27. The first-order valence-corrected chi connectivity index (χ1v) is 5.06. The number of hydrogen-bond donors (Lipinski definition) is 0. The lowest BCUT2D eigenvalue weighted by Crippen LogP contribution is -1.88. The van der Waals surface area contributed by atoms with Crippen molar-refractivity contribution in [2.45, 2.75) is 27.2 Å². The van der Waals surface area contributed by atoms with Gasteiger partial charge in [0.15, 0.2) is 0 Å². The topological polar surface area (TPSA) is 12.9 Å². The largest absolute Gasteiger partial charge is 0.256 e. The number of pyridine rings is 1. The van der Waals surface area contributed by atoms with Crippen LogP contribution in [0.2, 0.25) is 0 Å². The van der Waals surface area contributed by atoms with Crippen LogP contribution in [0.15, 0.2) is 24.4 Å². The second-order valence-corrected chi connectivity index (χ2v) is 3.85. The van der Waals surface area contributed by atoms with Gasteiger partial charge in [0, 0.05) is 11.6 Å². The molecule has 1 heterocycles. The van der Waals surface area contributed by atoms with Crippen molar-refractivity contribution in [3.05, 3.63) is 41.1 Å². The average Bonchev–Trinajstić information content (AvgIpc) is 2.16. The maximum Gasteiger partial charge on any atom is 0.0731 e. The minimum Gasteiger partial charge on any atom is -0.256 e. The maximum absolute atomic E-state index is 4.49. The molecule has 1 aromatic carbocycles. The number of nitrogens with zero attached hydrogens (tertiary/aromatic N) is 1. The van der Waals surface area contributed by atoms with Crippen molar-refractivity contribution < 1.29 is 0 Å². The lowest BCUT2D eigenvalue weighted by atomic mass is 10.0. The van der Waals surface area contributed by atoms with Crippen LogP contribution < -0.4 is 0 Å². The van der Waals surface area contributed by atoms with Crippen molar-refractivity contribution in [3.8, 4) is 0 Å². The van der Waals surface area contributed by atoms with E-state index in [-0.39, 0.29) is 0 Å². The van der Waals surface area contributed by atoms with E-state index >= 15 is 0 Å². The summed E-state index contributed by atoms with van der Waals surface area (Å²) in [5.74, 6) is 0. The van der Waals surface area contributed by atoms with E-state index in [0.717, 1.165) is 11.9 Å². The van der Waals surface area contributed by atoms with Gasteiger partial charge < -0.3 is 0 Å². The Hall–Kier alpha value is -1.37. The summed E-state index contributed by atoms with van der Waals surface area (Å²) >= 11 is 0. The Morgan fingerprint density at radius 1 is 1.14 bits per heavy atom. The molecule has 0 saturated carbocycles. The average molecular weight is 185 g/mol. The smallest absolute Gasteiger partial charge is 0.0731 e. The fourth-order valence-electron chi connectivity index (χ4n) is 1.86. The van der Waals surface area contributed by atoms with Crippen molar-refractivity contribution in [1.29, 1.82) is 0 Å². The molecule has 1 nitrogen and oxygen atoms in total. The highest BCUT2D eigenvalue weighted by molar-refractivity contribution is 5.82. The number of rotatable bonds is 1. The van der Waals surface area contributed by atoms with Crippen LogP contribution in [0.5, 0.6) is 0 Å². The number of fused-ring (bicyclic) bond motifs is 1. The third-order valence-electron chi connectivity index (χ3n) is 2.58. The molecule has 0 spiro atoms. The molecule has 1 heteroatoms. The molecule has 0 radical (unpaired) electrons. The van der Waals surface area contributed by atoms with E-state index in [0.29, 0.717) is 0 Å². The van der Waals surface area contributed by atoms with E-state index in [2.05, 4.69) is 44.0 Å². The van der Waals surface area contributed by atoms with Gasteiger partial charge in [0.2, 0.25) is 0 Å². The second kappa shape index (κ2) is 3.41. The molecule has 1 aromatic heterocycles. The Morgan fingerprint density at radius 2 is 1.93 bits per heavy atom. The van der Waals surface area contributed by atoms with Gasteiger partial charge in [-0.1, -0.05) is 18.6 Å². The van der Waals surface area contributed by atoms with E-state index in [9.17, 15) is 0 Å². The van der Waals surface area contributed by atoms with Gasteiger partial charge in [-0.25, -0.2) is 0 Å². The van der Waals surface area contributed by atoms with Crippen LogP contribution in [-0.2, 0) is 6.42 Å². The number of hydrogen-bond acceptors (Lipinski definition) is 1. The predicted molar refractivity (Wildman–Crippen MR) is 60.6 cm³/mol. The summed E-state index contributed by atoms with van der Waals surface area (Å²) in [6, 6.07) is 6.62. The normalized spacial score (nSPS) is 10.8. The highest BCUT2D eigenvalue weighted by Crippen LogP contribution is 2.19. The third-order valence-corrected chi connectivity index (χ3v) is 2.58. The zero-order chi connectivity index (χ0) is 10.1. The summed E-state index contributed by atoms with van der Waals surface area (Å²) < 4.78 is 0. The van der Waals surface area contributed by atoms with E-state index in [1.807, 2.05) is 6.20 Å². The highest BCUT2D eigenvalue weighted by Gasteiger charge is 2.00. The fraction of sp³-hybridized carbons (Fsp3) is 0.308. The van der Waals surface area contributed by atoms with Crippen molar-refractivity contribution in [3.63, 3.8) is 0 Å². The van der Waals surface area contributed by atoms with Gasteiger partial charge >= 0.3 is 0 Å². The Bertz CT molecular complexity index is 472. The zero-order valence-electron chi connectivity index (χ0n) is 8.96. The van der Waals surface area contributed by atoms with Gasteiger partial charge in [0.05, 0.1) is 5.52 Å². The van der Waals surface area contributed by atoms with Crippen molar-refractivity contribution >= 4 is 10.9 Å². The molecular weight excluding hydrogens is 170 g/mol. The molecule has 14 heavy (non-hydrogen) atoms. The second-order valence-electron chi connectivity index (χ2n) is 3.85. The summed E-state index contributed by atoms with van der Waals surface area (Å²) in [7, 11) is 0. The lowest BCUT2D eigenvalue weighted by Gasteiger charge is -2.04. The summed E-state index contributed by atoms with van der Waals surface area (Å²) in [6.45, 7) is 6.41. The van der Waals surface area contributed by atoms with Crippen LogP contribution in [0.25, 0.3) is 10.9 Å². The summed E-state index contributed by atoms with van der Waals surface area (Å²) in [6.07, 6.45) is 3.03. The molecule has 0 atom stereocenters. The van der Waals surface area contributed by atoms with Crippen LogP contribution in [-0.4, -0.2) is 4.98 Å². The first-order valence-electron chi connectivity index (χ1n) is 5.06. The van der Waals surface area contributed by atoms with Crippen molar-refractivity contribution in [1.82, 2.24) is 4.98 Å². The van der Waals surface area contributed by atoms with Crippen LogP contribution in [0.4, 0.5) is 0 Å². The van der Waals surface area contributed by atoms with Gasteiger partial charge in [0.25, 0.3) is 0 Å². The number of benzene rings is 1. The molecule has 0 aliphatic carbocycles. The van der Waals surface area contributed by atoms with Crippen LogP contribution in [0.3, 0.4) is 0 Å². The monoisotopic (exact) mass is 185 g/mol. The first-order chi connectivity index (χ1) is 6.70. The molecule has 0 saturated heterocycles. The van der Waals surface area contributed by atoms with Crippen LogP contribution in [0.1, 0.15) is 23.6 Å². The SMILES string of the molecule is CCc1cnc2c(C)cc(C)cc2c1. The molecule has 0 aliphatic rings. The zero-order valence-corrected chi connectivity index (χ0v) is 8.96. The van der Waals surface area contributed by atoms with E-state index in [1.165, 1.54) is 22.1 Å². The van der Waals surface area contributed by atoms with Gasteiger partial charge in [-0.15, -0.1) is 0 Å². The molecule has 2 rings (SSSR count). The highest BCUT2D eigenvalue weighted by atomic mass is 14.7. The summed E-state index contributed by atoms with van der Waals surface area (Å²) in [5.41, 5.74) is 5.02. The quantitative estimate of drug-likeness (QED) is 0.663. The van der Waals surface area contributed by atoms with E-state index < -0.39 is 0 Å². The molecule has 0 N–H and O–H groups in total. The minimum atomic E-state index is 1.05. The van der Waals surface area contributed by atoms with Crippen molar-refractivity contribution in [2.75, 3.05) is 0 Å². The Kier molecular flexibility index (Phi) is 2.24. The standard InChI is InChI=1S/C13H15N/c1-4-11-7-12-6-9(2)5-10(3)13(12)14-8-11/h5-8H,4H2,1-3H3. The minimum absolute atomic E-state index is 1.05. The Balaban J connectivity index is 2.75. The lowest BCUT2D eigenvalue weighted by molar-refractivity contribution is 1.12. The predicted octanol–water partition coefficient (Wildman–Crippen LogP) is 3.41. The molecule has 72 valence electrons. The van der Waals surface area contributed by atoms with Crippen LogP contribution >= 0.6 is 0 Å². The Labute approximate surface area is 84.8 Å². The molecule has 0 unspecified atom stereocenters. The fourth-order valence-corrected chi connectivity index (χ4v) is 1.86. The number of aromatic nitrogens is 1. The number of aryl methyl sites for hydroxylation is 3. The Morgan fingerprint density at radius 3 is 2.64 bits per heavy atom. The first kappa shape index (κ1) is 9.20. The molecule has 0 fully saturated rings.